The van der Waals surface area contributed by atoms with Crippen LogP contribution in [0.5, 0.6) is 0 Å². The van der Waals surface area contributed by atoms with E-state index >= 15 is 0 Å². The number of aromatic nitrogens is 5. The standard InChI is InChI=1S/C18H17N7O2S/c26-16(11-28-18-22-23-24-25(18)15-7-8-15)20-13-5-3-12(4-6-13)17(27)21-14-2-1-9-19-10-14/h1-6,9-10,15H,7-8,11H2,(H,20,26)(H,21,27). The molecule has 2 aromatic heterocycles. The summed E-state index contributed by atoms with van der Waals surface area (Å²) in [7, 11) is 0. The number of carbonyl (C=O) groups excluding carboxylic acids is 2. The molecule has 1 aliphatic carbocycles. The van der Waals surface area contributed by atoms with Crippen LogP contribution in [0.15, 0.2) is 53.9 Å². The first kappa shape index (κ1) is 18.1. The molecule has 142 valence electrons. The number of benzene rings is 1. The van der Waals surface area contributed by atoms with Gasteiger partial charge in [-0.25, -0.2) is 4.68 Å². The minimum absolute atomic E-state index is 0.164. The summed E-state index contributed by atoms with van der Waals surface area (Å²) in [6, 6.07) is 10.6. The van der Waals surface area contributed by atoms with E-state index in [4.69, 9.17) is 0 Å². The summed E-state index contributed by atoms with van der Waals surface area (Å²) >= 11 is 1.30. The number of nitrogens with zero attached hydrogens (tertiary/aromatic N) is 5. The Kier molecular flexibility index (Phi) is 5.29. The van der Waals surface area contributed by atoms with E-state index in [1.165, 1.54) is 11.8 Å². The number of anilines is 2. The SMILES string of the molecule is O=C(CSc1nnnn1C1CC1)Nc1ccc(C(=O)Nc2cccnc2)cc1. The molecule has 9 nitrogen and oxygen atoms in total. The van der Waals surface area contributed by atoms with Crippen molar-refractivity contribution in [3.8, 4) is 0 Å². The fourth-order valence-corrected chi connectivity index (χ4v) is 3.25. The fourth-order valence-electron chi connectivity index (χ4n) is 2.50. The Morgan fingerprint density at radius 1 is 1.11 bits per heavy atom. The van der Waals surface area contributed by atoms with Crippen molar-refractivity contribution >= 4 is 35.0 Å². The lowest BCUT2D eigenvalue weighted by Gasteiger charge is -2.07. The summed E-state index contributed by atoms with van der Waals surface area (Å²) in [5, 5.41) is 17.8. The lowest BCUT2D eigenvalue weighted by atomic mass is 10.2. The maximum atomic E-state index is 12.2. The van der Waals surface area contributed by atoms with Crippen LogP contribution >= 0.6 is 11.8 Å². The van der Waals surface area contributed by atoms with E-state index in [0.29, 0.717) is 28.1 Å². The van der Waals surface area contributed by atoms with Crippen LogP contribution in [-0.4, -0.2) is 42.8 Å². The van der Waals surface area contributed by atoms with Crippen molar-refractivity contribution < 1.29 is 9.59 Å². The normalized spacial score (nSPS) is 13.1. The van der Waals surface area contributed by atoms with Gasteiger partial charge in [-0.15, -0.1) is 5.10 Å². The van der Waals surface area contributed by atoms with Gasteiger partial charge in [0.05, 0.1) is 23.7 Å². The fraction of sp³-hybridized carbons (Fsp3) is 0.222. The zero-order valence-electron chi connectivity index (χ0n) is 14.8. The number of tetrazole rings is 1. The first-order chi connectivity index (χ1) is 13.7. The van der Waals surface area contributed by atoms with Gasteiger partial charge in [0.15, 0.2) is 0 Å². The van der Waals surface area contributed by atoms with Crippen LogP contribution in [-0.2, 0) is 4.79 Å². The van der Waals surface area contributed by atoms with E-state index in [1.807, 2.05) is 0 Å². The first-order valence-corrected chi connectivity index (χ1v) is 9.69. The third-order valence-corrected chi connectivity index (χ3v) is 4.97. The van der Waals surface area contributed by atoms with Crippen molar-refractivity contribution in [3.05, 3.63) is 54.4 Å². The van der Waals surface area contributed by atoms with Gasteiger partial charge >= 0.3 is 0 Å². The average Bonchev–Trinajstić information content (AvgIpc) is 3.45. The Balaban J connectivity index is 1.29. The van der Waals surface area contributed by atoms with Crippen molar-refractivity contribution in [1.82, 2.24) is 25.2 Å². The summed E-state index contributed by atoms with van der Waals surface area (Å²) in [4.78, 5) is 28.3. The number of rotatable bonds is 7. The molecule has 1 fully saturated rings. The predicted octanol–water partition coefficient (Wildman–Crippen LogP) is 2.39. The van der Waals surface area contributed by atoms with Crippen molar-refractivity contribution in [2.45, 2.75) is 24.0 Å². The van der Waals surface area contributed by atoms with Crippen LogP contribution in [0.2, 0.25) is 0 Å². The highest BCUT2D eigenvalue weighted by Gasteiger charge is 2.28. The lowest BCUT2D eigenvalue weighted by molar-refractivity contribution is -0.113. The number of hydrogen-bond acceptors (Lipinski definition) is 7. The Morgan fingerprint density at radius 3 is 2.64 bits per heavy atom. The van der Waals surface area contributed by atoms with Crippen molar-refractivity contribution in [2.75, 3.05) is 16.4 Å². The molecule has 1 aliphatic rings. The van der Waals surface area contributed by atoms with E-state index < -0.39 is 0 Å². The number of hydrogen-bond donors (Lipinski definition) is 2. The van der Waals surface area contributed by atoms with Gasteiger partial charge in [-0.1, -0.05) is 11.8 Å². The highest BCUT2D eigenvalue weighted by Crippen LogP contribution is 2.36. The van der Waals surface area contributed by atoms with Gasteiger partial charge < -0.3 is 10.6 Å². The first-order valence-electron chi connectivity index (χ1n) is 8.71. The number of carbonyl (C=O) groups is 2. The van der Waals surface area contributed by atoms with E-state index in [9.17, 15) is 9.59 Å². The molecule has 0 spiro atoms. The molecule has 2 N–H and O–H groups in total. The minimum Gasteiger partial charge on any atom is -0.325 e. The summed E-state index contributed by atoms with van der Waals surface area (Å²) in [5.74, 6) is -0.202. The van der Waals surface area contributed by atoms with Crippen LogP contribution in [0, 0.1) is 0 Å². The second-order valence-electron chi connectivity index (χ2n) is 6.25. The topological polar surface area (TPSA) is 115 Å². The van der Waals surface area contributed by atoms with Crippen LogP contribution < -0.4 is 10.6 Å². The molecule has 0 aliphatic heterocycles. The molecule has 1 saturated carbocycles. The maximum absolute atomic E-state index is 12.2. The van der Waals surface area contributed by atoms with Gasteiger partial charge in [0.1, 0.15) is 0 Å². The molecule has 2 heterocycles. The van der Waals surface area contributed by atoms with E-state index in [1.54, 1.807) is 53.5 Å². The molecule has 0 bridgehead atoms. The highest BCUT2D eigenvalue weighted by molar-refractivity contribution is 7.99. The van der Waals surface area contributed by atoms with Gasteiger partial charge in [-0.05, 0) is 59.7 Å². The van der Waals surface area contributed by atoms with Gasteiger partial charge in [0.25, 0.3) is 5.91 Å². The molecule has 0 radical (unpaired) electrons. The molecule has 0 saturated heterocycles. The second-order valence-corrected chi connectivity index (χ2v) is 7.19. The third kappa shape index (κ3) is 4.52. The lowest BCUT2D eigenvalue weighted by Crippen LogP contribution is -2.15. The minimum atomic E-state index is -0.242. The highest BCUT2D eigenvalue weighted by atomic mass is 32.2. The Hall–Kier alpha value is -3.27. The monoisotopic (exact) mass is 395 g/mol. The largest absolute Gasteiger partial charge is 0.325 e. The Labute approximate surface area is 164 Å². The van der Waals surface area contributed by atoms with Crippen LogP contribution in [0.25, 0.3) is 0 Å². The van der Waals surface area contributed by atoms with E-state index in [0.717, 1.165) is 12.8 Å². The van der Waals surface area contributed by atoms with Gasteiger partial charge in [0.2, 0.25) is 11.1 Å². The zero-order valence-corrected chi connectivity index (χ0v) is 15.6. The average molecular weight is 395 g/mol. The number of thioether (sulfide) groups is 1. The molecule has 1 aromatic carbocycles. The summed E-state index contributed by atoms with van der Waals surface area (Å²) < 4.78 is 1.77. The second kappa shape index (κ2) is 8.17. The quantitative estimate of drug-likeness (QED) is 0.590. The maximum Gasteiger partial charge on any atom is 0.255 e. The molecular formula is C18H17N7O2S. The van der Waals surface area contributed by atoms with Crippen molar-refractivity contribution in [3.63, 3.8) is 0 Å². The van der Waals surface area contributed by atoms with Gasteiger partial charge in [-0.2, -0.15) is 0 Å². The van der Waals surface area contributed by atoms with Crippen LogP contribution in [0.4, 0.5) is 11.4 Å². The molecule has 10 heteroatoms. The summed E-state index contributed by atoms with van der Waals surface area (Å²) in [6.07, 6.45) is 5.36. The van der Waals surface area contributed by atoms with Gasteiger partial charge in [0, 0.05) is 17.4 Å². The summed E-state index contributed by atoms with van der Waals surface area (Å²) in [5.41, 5.74) is 1.72. The van der Waals surface area contributed by atoms with Crippen LogP contribution in [0.3, 0.4) is 0 Å². The number of amides is 2. The molecule has 3 aromatic rings. The molecular weight excluding hydrogens is 378 g/mol. The van der Waals surface area contributed by atoms with Crippen molar-refractivity contribution in [2.24, 2.45) is 0 Å². The predicted molar refractivity (Wildman–Crippen MR) is 104 cm³/mol. The molecule has 28 heavy (non-hydrogen) atoms. The molecule has 4 rings (SSSR count). The van der Waals surface area contributed by atoms with E-state index in [-0.39, 0.29) is 17.6 Å². The molecule has 0 unspecified atom stereocenters. The number of nitrogens with one attached hydrogen (secondary N) is 2. The molecule has 2 amide bonds. The Morgan fingerprint density at radius 2 is 1.93 bits per heavy atom. The number of pyridine rings is 1. The smallest absolute Gasteiger partial charge is 0.255 e. The third-order valence-electron chi connectivity index (χ3n) is 4.04. The zero-order chi connectivity index (χ0) is 19.3. The van der Waals surface area contributed by atoms with Crippen molar-refractivity contribution in [1.29, 1.82) is 0 Å². The Bertz CT molecular complexity index is 971. The summed E-state index contributed by atoms with van der Waals surface area (Å²) in [6.45, 7) is 0. The van der Waals surface area contributed by atoms with E-state index in [2.05, 4.69) is 31.1 Å². The van der Waals surface area contributed by atoms with Crippen LogP contribution in [0.1, 0.15) is 29.2 Å². The molecule has 0 atom stereocenters. The van der Waals surface area contributed by atoms with Gasteiger partial charge in [-0.3, -0.25) is 14.6 Å².